The number of para-hydroxylation sites is 1. The summed E-state index contributed by atoms with van der Waals surface area (Å²) in [4.78, 5) is 28.5. The second-order valence-corrected chi connectivity index (χ2v) is 7.82. The fraction of sp³-hybridized carbons (Fsp3) is 0.167. The fourth-order valence-electron chi connectivity index (χ4n) is 3.24. The summed E-state index contributed by atoms with van der Waals surface area (Å²) in [7, 11) is 1.72. The van der Waals surface area contributed by atoms with E-state index in [1.54, 1.807) is 23.7 Å². The number of nitrogens with one attached hydrogen (secondary N) is 2. The zero-order valence-electron chi connectivity index (χ0n) is 17.3. The van der Waals surface area contributed by atoms with Crippen LogP contribution in [0.1, 0.15) is 11.6 Å². The molecule has 1 atom stereocenters. The van der Waals surface area contributed by atoms with Crippen molar-refractivity contribution in [3.63, 3.8) is 0 Å². The molecule has 160 valence electrons. The molecular formula is C24H24FN3O2S. The minimum absolute atomic E-state index is 0.0130. The van der Waals surface area contributed by atoms with Crippen LogP contribution >= 0.6 is 11.8 Å². The number of amides is 2. The lowest BCUT2D eigenvalue weighted by molar-refractivity contribution is -0.123. The summed E-state index contributed by atoms with van der Waals surface area (Å²) in [6.07, 6.45) is 1.95. The number of rotatable bonds is 8. The van der Waals surface area contributed by atoms with Crippen LogP contribution in [0.4, 0.5) is 15.8 Å². The molecule has 0 aliphatic rings. The molecule has 0 heterocycles. The topological polar surface area (TPSA) is 61.4 Å². The molecule has 0 bridgehead atoms. The largest absolute Gasteiger partial charge is 0.324 e. The van der Waals surface area contributed by atoms with Gasteiger partial charge < -0.3 is 10.6 Å². The number of hydrogen-bond acceptors (Lipinski definition) is 4. The predicted octanol–water partition coefficient (Wildman–Crippen LogP) is 4.80. The predicted molar refractivity (Wildman–Crippen MR) is 124 cm³/mol. The number of thioether (sulfide) groups is 1. The van der Waals surface area contributed by atoms with E-state index in [-0.39, 0.29) is 24.2 Å². The average molecular weight is 438 g/mol. The van der Waals surface area contributed by atoms with E-state index < -0.39 is 6.04 Å². The standard InChI is InChI=1S/C24H24FN3O2S/c1-28(16-22(29)27-20-10-6-7-11-21(20)31-2)23(17-8-4-3-5-9-17)24(30)26-19-14-12-18(25)13-15-19/h3-15,23H,16H2,1-2H3,(H,26,30)(H,27,29)/t23-/m1/s1. The summed E-state index contributed by atoms with van der Waals surface area (Å²) in [5.41, 5.74) is 1.97. The number of carbonyl (C=O) groups excluding carboxylic acids is 2. The molecule has 7 heteroatoms. The molecule has 2 N–H and O–H groups in total. The van der Waals surface area contributed by atoms with Crippen molar-refractivity contribution in [3.8, 4) is 0 Å². The molecule has 3 rings (SSSR count). The van der Waals surface area contributed by atoms with Crippen LogP contribution in [0.3, 0.4) is 0 Å². The van der Waals surface area contributed by atoms with Crippen molar-refractivity contribution in [1.29, 1.82) is 0 Å². The van der Waals surface area contributed by atoms with E-state index in [2.05, 4.69) is 10.6 Å². The normalized spacial score (nSPS) is 11.7. The molecule has 0 aliphatic carbocycles. The third kappa shape index (κ3) is 6.16. The molecule has 3 aromatic carbocycles. The molecule has 31 heavy (non-hydrogen) atoms. The average Bonchev–Trinajstić information content (AvgIpc) is 2.76. The van der Waals surface area contributed by atoms with Gasteiger partial charge in [-0.1, -0.05) is 42.5 Å². The van der Waals surface area contributed by atoms with Crippen molar-refractivity contribution >= 4 is 35.0 Å². The molecular weight excluding hydrogens is 413 g/mol. The molecule has 0 fully saturated rings. The molecule has 0 saturated carbocycles. The van der Waals surface area contributed by atoms with Crippen molar-refractivity contribution in [2.75, 3.05) is 30.5 Å². The highest BCUT2D eigenvalue weighted by Crippen LogP contribution is 2.25. The Morgan fingerprint density at radius 2 is 1.58 bits per heavy atom. The van der Waals surface area contributed by atoms with E-state index in [0.717, 1.165) is 16.1 Å². The van der Waals surface area contributed by atoms with Gasteiger partial charge in [0.25, 0.3) is 0 Å². The first kappa shape index (κ1) is 22.5. The second-order valence-electron chi connectivity index (χ2n) is 6.97. The van der Waals surface area contributed by atoms with E-state index in [0.29, 0.717) is 5.69 Å². The molecule has 2 amide bonds. The second kappa shape index (κ2) is 10.7. The Morgan fingerprint density at radius 3 is 2.26 bits per heavy atom. The van der Waals surface area contributed by atoms with Crippen LogP contribution < -0.4 is 10.6 Å². The Bertz CT molecular complexity index is 1030. The molecule has 0 aliphatic heterocycles. The zero-order chi connectivity index (χ0) is 22.2. The van der Waals surface area contributed by atoms with Gasteiger partial charge in [0.05, 0.1) is 12.2 Å². The van der Waals surface area contributed by atoms with Crippen LogP contribution in [-0.4, -0.2) is 36.6 Å². The lowest BCUT2D eigenvalue weighted by atomic mass is 10.0. The number of carbonyl (C=O) groups is 2. The van der Waals surface area contributed by atoms with Crippen LogP contribution in [0.15, 0.2) is 83.8 Å². The van der Waals surface area contributed by atoms with Crippen LogP contribution in [0, 0.1) is 5.82 Å². The monoisotopic (exact) mass is 437 g/mol. The first-order valence-electron chi connectivity index (χ1n) is 9.72. The highest BCUT2D eigenvalue weighted by atomic mass is 32.2. The van der Waals surface area contributed by atoms with Gasteiger partial charge in [0.2, 0.25) is 11.8 Å². The first-order valence-corrected chi connectivity index (χ1v) is 10.9. The van der Waals surface area contributed by atoms with Crippen LogP contribution in [0.25, 0.3) is 0 Å². The summed E-state index contributed by atoms with van der Waals surface area (Å²) in [5.74, 6) is -0.908. The summed E-state index contributed by atoms with van der Waals surface area (Å²) in [6.45, 7) is 0.0130. The third-order valence-corrected chi connectivity index (χ3v) is 5.49. The lowest BCUT2D eigenvalue weighted by Crippen LogP contribution is -2.39. The quantitative estimate of drug-likeness (QED) is 0.497. The molecule has 0 unspecified atom stereocenters. The van der Waals surface area contributed by atoms with Gasteiger partial charge in [-0.05, 0) is 55.3 Å². The van der Waals surface area contributed by atoms with Gasteiger partial charge in [-0.2, -0.15) is 0 Å². The Balaban J connectivity index is 1.76. The zero-order valence-corrected chi connectivity index (χ0v) is 18.2. The first-order chi connectivity index (χ1) is 15.0. The number of hydrogen-bond donors (Lipinski definition) is 2. The minimum Gasteiger partial charge on any atom is -0.324 e. The van der Waals surface area contributed by atoms with E-state index >= 15 is 0 Å². The van der Waals surface area contributed by atoms with Gasteiger partial charge in [0.1, 0.15) is 11.9 Å². The highest BCUT2D eigenvalue weighted by Gasteiger charge is 2.27. The Kier molecular flexibility index (Phi) is 7.81. The highest BCUT2D eigenvalue weighted by molar-refractivity contribution is 7.98. The van der Waals surface area contributed by atoms with Crippen molar-refractivity contribution in [1.82, 2.24) is 4.90 Å². The van der Waals surface area contributed by atoms with Crippen LogP contribution in [0.2, 0.25) is 0 Å². The minimum atomic E-state index is -0.701. The summed E-state index contributed by atoms with van der Waals surface area (Å²) in [5, 5.41) is 5.73. The van der Waals surface area contributed by atoms with Gasteiger partial charge in [0.15, 0.2) is 0 Å². The number of benzene rings is 3. The van der Waals surface area contributed by atoms with Gasteiger partial charge >= 0.3 is 0 Å². The van der Waals surface area contributed by atoms with Crippen molar-refractivity contribution < 1.29 is 14.0 Å². The molecule has 5 nitrogen and oxygen atoms in total. The smallest absolute Gasteiger partial charge is 0.246 e. The van der Waals surface area contributed by atoms with Gasteiger partial charge in [-0.15, -0.1) is 11.8 Å². The van der Waals surface area contributed by atoms with E-state index in [1.807, 2.05) is 60.9 Å². The molecule has 3 aromatic rings. The third-order valence-electron chi connectivity index (χ3n) is 4.69. The van der Waals surface area contributed by atoms with Crippen LogP contribution in [0.5, 0.6) is 0 Å². The van der Waals surface area contributed by atoms with Crippen molar-refractivity contribution in [2.24, 2.45) is 0 Å². The van der Waals surface area contributed by atoms with E-state index in [9.17, 15) is 14.0 Å². The SMILES string of the molecule is CSc1ccccc1NC(=O)CN(C)[C@@H](C(=O)Nc1ccc(F)cc1)c1ccccc1. The lowest BCUT2D eigenvalue weighted by Gasteiger charge is -2.27. The number of halogens is 1. The summed E-state index contributed by atoms with van der Waals surface area (Å²) < 4.78 is 13.2. The Hall–Kier alpha value is -3.16. The Morgan fingerprint density at radius 1 is 0.935 bits per heavy atom. The molecule has 0 spiro atoms. The summed E-state index contributed by atoms with van der Waals surface area (Å²) >= 11 is 1.55. The van der Waals surface area contributed by atoms with E-state index in [1.165, 1.54) is 24.3 Å². The molecule has 0 saturated heterocycles. The summed E-state index contributed by atoms with van der Waals surface area (Å²) in [6, 6.07) is 21.7. The van der Waals surface area contributed by atoms with Gasteiger partial charge in [-0.3, -0.25) is 14.5 Å². The van der Waals surface area contributed by atoms with E-state index in [4.69, 9.17) is 0 Å². The van der Waals surface area contributed by atoms with Gasteiger partial charge in [-0.25, -0.2) is 4.39 Å². The fourth-order valence-corrected chi connectivity index (χ4v) is 3.79. The number of likely N-dealkylation sites (N-methyl/N-ethyl adjacent to an activating group) is 1. The maximum Gasteiger partial charge on any atom is 0.246 e. The Labute approximate surface area is 185 Å². The van der Waals surface area contributed by atoms with Crippen LogP contribution in [-0.2, 0) is 9.59 Å². The number of nitrogens with zero attached hydrogens (tertiary/aromatic N) is 1. The molecule has 0 aromatic heterocycles. The number of anilines is 2. The maximum atomic E-state index is 13.2. The maximum absolute atomic E-state index is 13.2. The van der Waals surface area contributed by atoms with Crippen molar-refractivity contribution in [3.05, 3.63) is 90.2 Å². The van der Waals surface area contributed by atoms with Gasteiger partial charge in [0, 0.05) is 10.6 Å². The van der Waals surface area contributed by atoms with Crippen molar-refractivity contribution in [2.45, 2.75) is 10.9 Å². The molecule has 0 radical (unpaired) electrons.